The zero-order valence-corrected chi connectivity index (χ0v) is 19.3. The van der Waals surface area contributed by atoms with Crippen molar-refractivity contribution in [1.82, 2.24) is 9.97 Å². The number of carboxylic acids is 4. The van der Waals surface area contributed by atoms with E-state index in [1.165, 1.54) is 12.1 Å². The van der Waals surface area contributed by atoms with Crippen molar-refractivity contribution in [2.24, 2.45) is 0 Å². The molecule has 4 aromatic rings. The van der Waals surface area contributed by atoms with Crippen LogP contribution < -0.4 is 0 Å². The van der Waals surface area contributed by atoms with Gasteiger partial charge in [0.25, 0.3) is 0 Å². The van der Waals surface area contributed by atoms with E-state index in [0.29, 0.717) is 0 Å². The molecule has 0 atom stereocenters. The average Bonchev–Trinajstić information content (AvgIpc) is 3.35. The quantitative estimate of drug-likeness (QED) is 0.158. The number of aromatic carboxylic acids is 2. The molecule has 0 radical (unpaired) electrons. The summed E-state index contributed by atoms with van der Waals surface area (Å²) in [6.45, 7) is 0. The molecule has 14 nitrogen and oxygen atoms in total. The number of benzene rings is 2. The first-order valence-electron chi connectivity index (χ1n) is 10.8. The highest BCUT2D eigenvalue weighted by Gasteiger charge is 2.22. The smallest absolute Gasteiger partial charge is 0.352 e. The molecular formula is C24H22N2O12. The van der Waals surface area contributed by atoms with Crippen LogP contribution in [-0.4, -0.2) is 74.7 Å². The number of hydrogen-bond donors (Lipinski definition) is 10. The second-order valence-corrected chi connectivity index (χ2v) is 8.13. The molecule has 0 spiro atoms. The third-order valence-electron chi connectivity index (χ3n) is 5.54. The van der Waals surface area contributed by atoms with Crippen molar-refractivity contribution >= 4 is 45.7 Å². The molecule has 0 bridgehead atoms. The molecule has 4 rings (SSSR count). The lowest BCUT2D eigenvalue weighted by Crippen LogP contribution is -2.04. The number of rotatable bonds is 8. The number of aromatic nitrogens is 2. The second-order valence-electron chi connectivity index (χ2n) is 8.13. The fourth-order valence-corrected chi connectivity index (χ4v) is 4.05. The molecule has 0 aliphatic carbocycles. The molecule has 10 N–H and O–H groups in total. The van der Waals surface area contributed by atoms with Crippen LogP contribution in [0.5, 0.6) is 23.0 Å². The minimum Gasteiger partial charge on any atom is -0.508 e. The Morgan fingerprint density at radius 2 is 0.921 bits per heavy atom. The van der Waals surface area contributed by atoms with Gasteiger partial charge in [-0.2, -0.15) is 0 Å². The number of H-pyrrole nitrogens is 2. The molecule has 0 aliphatic heterocycles. The summed E-state index contributed by atoms with van der Waals surface area (Å²) >= 11 is 0. The minimum atomic E-state index is -1.25. The first-order chi connectivity index (χ1) is 17.8. The molecule has 2 aromatic heterocycles. The van der Waals surface area contributed by atoms with E-state index in [1.807, 2.05) is 0 Å². The first kappa shape index (κ1) is 27.2. The summed E-state index contributed by atoms with van der Waals surface area (Å²) in [6.07, 6.45) is -0.578. The van der Waals surface area contributed by atoms with E-state index in [9.17, 15) is 39.6 Å². The van der Waals surface area contributed by atoms with Crippen molar-refractivity contribution in [2.75, 3.05) is 0 Å². The Morgan fingerprint density at radius 3 is 1.21 bits per heavy atom. The van der Waals surface area contributed by atoms with E-state index in [-0.39, 0.29) is 93.0 Å². The van der Waals surface area contributed by atoms with Crippen molar-refractivity contribution < 1.29 is 60.0 Å². The lowest BCUT2D eigenvalue weighted by atomic mass is 10.0. The first-order valence-corrected chi connectivity index (χ1v) is 10.8. The SMILES string of the molecule is O=C(O)CCc1c(C(=O)O)[nH]c2cc(O)cc(O)c12.O=C(O)CCc1c(C(=O)O)[nH]c2cc(O)cc(O)c12. The Morgan fingerprint density at radius 1 is 0.579 bits per heavy atom. The number of nitrogens with one attached hydrogen (secondary N) is 2. The number of aliphatic carboxylic acids is 2. The van der Waals surface area contributed by atoms with Gasteiger partial charge < -0.3 is 50.8 Å². The van der Waals surface area contributed by atoms with E-state index in [4.69, 9.17) is 20.4 Å². The minimum absolute atomic E-state index is 0.0324. The number of carboxylic acid groups (broad SMARTS) is 4. The Bertz CT molecular complexity index is 1460. The molecule has 0 unspecified atom stereocenters. The van der Waals surface area contributed by atoms with Gasteiger partial charge in [0, 0.05) is 47.9 Å². The second kappa shape index (κ2) is 10.7. The Balaban J connectivity index is 0.000000211. The van der Waals surface area contributed by atoms with Crippen LogP contribution in [0, 0.1) is 0 Å². The predicted octanol–water partition coefficient (Wildman–Crippen LogP) is 2.59. The molecule has 0 aliphatic rings. The maximum absolute atomic E-state index is 11.1. The molecule has 0 fully saturated rings. The van der Waals surface area contributed by atoms with Crippen LogP contribution in [0.4, 0.5) is 0 Å². The normalized spacial score (nSPS) is 10.7. The predicted molar refractivity (Wildman–Crippen MR) is 129 cm³/mol. The number of aryl methyl sites for hydroxylation is 2. The summed E-state index contributed by atoms with van der Waals surface area (Å²) < 4.78 is 0. The standard InChI is InChI=1S/2C12H11NO6/c2*14-5-3-7-10(8(15)4-5)6(1-2-9(16)17)11(13-7)12(18)19/h2*3-4,13-15H,1-2H2,(H,16,17)(H,18,19). The van der Waals surface area contributed by atoms with Gasteiger partial charge >= 0.3 is 23.9 Å². The number of phenols is 4. The van der Waals surface area contributed by atoms with Gasteiger partial charge in [-0.05, 0) is 24.0 Å². The topological polar surface area (TPSA) is 262 Å². The van der Waals surface area contributed by atoms with Crippen LogP contribution in [0.1, 0.15) is 44.9 Å². The Hall–Kier alpha value is -5.40. The van der Waals surface area contributed by atoms with Gasteiger partial charge in [-0.1, -0.05) is 0 Å². The van der Waals surface area contributed by atoms with Crippen molar-refractivity contribution in [3.63, 3.8) is 0 Å². The number of hydrogen-bond acceptors (Lipinski definition) is 8. The molecule has 200 valence electrons. The highest BCUT2D eigenvalue weighted by molar-refractivity contribution is 6.01. The fraction of sp³-hybridized carbons (Fsp3) is 0.167. The summed E-state index contributed by atoms with van der Waals surface area (Å²) in [4.78, 5) is 48.5. The molecular weight excluding hydrogens is 508 g/mol. The summed E-state index contributed by atoms with van der Waals surface area (Å²) in [7, 11) is 0. The number of aromatic amines is 2. The molecule has 0 saturated carbocycles. The number of aromatic hydroxyl groups is 4. The number of fused-ring (bicyclic) bond motifs is 2. The van der Waals surface area contributed by atoms with Gasteiger partial charge in [-0.15, -0.1) is 0 Å². The Kier molecular flexibility index (Phi) is 7.65. The molecule has 2 aromatic carbocycles. The summed E-state index contributed by atoms with van der Waals surface area (Å²) in [5, 5.41) is 74.1. The molecule has 38 heavy (non-hydrogen) atoms. The molecule has 2 heterocycles. The average molecular weight is 530 g/mol. The monoisotopic (exact) mass is 530 g/mol. The van der Waals surface area contributed by atoms with Crippen LogP contribution >= 0.6 is 0 Å². The van der Waals surface area contributed by atoms with Crippen molar-refractivity contribution in [3.8, 4) is 23.0 Å². The van der Waals surface area contributed by atoms with Crippen molar-refractivity contribution in [1.29, 1.82) is 0 Å². The van der Waals surface area contributed by atoms with Gasteiger partial charge in [0.05, 0.1) is 11.0 Å². The van der Waals surface area contributed by atoms with E-state index < -0.39 is 23.9 Å². The summed E-state index contributed by atoms with van der Waals surface area (Å²) in [6, 6.07) is 4.69. The van der Waals surface area contributed by atoms with Gasteiger partial charge in [0.2, 0.25) is 0 Å². The molecule has 14 heteroatoms. The molecule has 0 amide bonds. The highest BCUT2D eigenvalue weighted by atomic mass is 16.4. The van der Waals surface area contributed by atoms with E-state index in [2.05, 4.69) is 9.97 Å². The highest BCUT2D eigenvalue weighted by Crippen LogP contribution is 2.36. The zero-order chi connectivity index (χ0) is 28.3. The zero-order valence-electron chi connectivity index (χ0n) is 19.3. The van der Waals surface area contributed by atoms with Gasteiger partial charge in [-0.3, -0.25) is 9.59 Å². The van der Waals surface area contributed by atoms with Crippen molar-refractivity contribution in [3.05, 3.63) is 46.8 Å². The fourth-order valence-electron chi connectivity index (χ4n) is 4.05. The van der Waals surface area contributed by atoms with E-state index in [0.717, 1.165) is 12.1 Å². The van der Waals surface area contributed by atoms with Crippen LogP contribution in [0.3, 0.4) is 0 Å². The largest absolute Gasteiger partial charge is 0.508 e. The van der Waals surface area contributed by atoms with Crippen LogP contribution in [0.25, 0.3) is 21.8 Å². The van der Waals surface area contributed by atoms with Crippen molar-refractivity contribution in [2.45, 2.75) is 25.7 Å². The Labute approximate surface area is 211 Å². The maximum atomic E-state index is 11.1. The third kappa shape index (κ3) is 5.70. The van der Waals surface area contributed by atoms with Crippen LogP contribution in [0.2, 0.25) is 0 Å². The number of phenolic OH excluding ortho intramolecular Hbond substituents is 4. The van der Waals surface area contributed by atoms with Crippen LogP contribution in [-0.2, 0) is 22.4 Å². The third-order valence-corrected chi connectivity index (χ3v) is 5.54. The maximum Gasteiger partial charge on any atom is 0.352 e. The van der Waals surface area contributed by atoms with E-state index in [1.54, 1.807) is 0 Å². The van der Waals surface area contributed by atoms with E-state index >= 15 is 0 Å². The van der Waals surface area contributed by atoms with Crippen LogP contribution in [0.15, 0.2) is 24.3 Å². The lowest BCUT2D eigenvalue weighted by Gasteiger charge is -2.02. The van der Waals surface area contributed by atoms with Gasteiger partial charge in [0.15, 0.2) is 0 Å². The molecule has 0 saturated heterocycles. The summed E-state index contributed by atoms with van der Waals surface area (Å²) in [5.41, 5.74) is 0.546. The van der Waals surface area contributed by atoms with Gasteiger partial charge in [0.1, 0.15) is 34.4 Å². The van der Waals surface area contributed by atoms with Gasteiger partial charge in [-0.25, -0.2) is 9.59 Å². The lowest BCUT2D eigenvalue weighted by molar-refractivity contribution is -0.138. The summed E-state index contributed by atoms with van der Waals surface area (Å²) in [5.74, 6) is -5.65. The number of carbonyl (C=O) groups is 4.